The van der Waals surface area contributed by atoms with Crippen molar-refractivity contribution in [1.29, 1.82) is 0 Å². The molecular formula is C12H14N2OS2. The zero-order valence-corrected chi connectivity index (χ0v) is 11.4. The lowest BCUT2D eigenvalue weighted by atomic mass is 10.1. The number of aliphatic hydroxyl groups is 1. The van der Waals surface area contributed by atoms with Crippen LogP contribution in [0.2, 0.25) is 0 Å². The molecular weight excluding hydrogens is 252 g/mol. The van der Waals surface area contributed by atoms with Crippen LogP contribution in [0.3, 0.4) is 0 Å². The first-order valence-electron chi connectivity index (χ1n) is 5.45. The van der Waals surface area contributed by atoms with Gasteiger partial charge in [-0.05, 0) is 25.0 Å². The molecule has 0 fully saturated rings. The van der Waals surface area contributed by atoms with Crippen LogP contribution in [0.15, 0.2) is 33.5 Å². The van der Waals surface area contributed by atoms with E-state index >= 15 is 0 Å². The monoisotopic (exact) mass is 266 g/mol. The zero-order valence-electron chi connectivity index (χ0n) is 9.75. The van der Waals surface area contributed by atoms with Crippen LogP contribution in [-0.2, 0) is 0 Å². The van der Waals surface area contributed by atoms with Crippen LogP contribution in [0, 0.1) is 6.92 Å². The van der Waals surface area contributed by atoms with Crippen molar-refractivity contribution < 1.29 is 5.11 Å². The van der Waals surface area contributed by atoms with Crippen LogP contribution in [-0.4, -0.2) is 15.3 Å². The number of benzene rings is 1. The van der Waals surface area contributed by atoms with Crippen LogP contribution in [0.5, 0.6) is 0 Å². The summed E-state index contributed by atoms with van der Waals surface area (Å²) in [5, 5.41) is 19.0. The Morgan fingerprint density at radius 3 is 2.76 bits per heavy atom. The second-order valence-electron chi connectivity index (χ2n) is 3.65. The van der Waals surface area contributed by atoms with Gasteiger partial charge in [0, 0.05) is 4.90 Å². The van der Waals surface area contributed by atoms with E-state index in [4.69, 9.17) is 0 Å². The summed E-state index contributed by atoms with van der Waals surface area (Å²) in [6.45, 7) is 3.91. The molecule has 3 nitrogen and oxygen atoms in total. The Kier molecular flexibility index (Phi) is 4.15. The Morgan fingerprint density at radius 1 is 1.35 bits per heavy atom. The van der Waals surface area contributed by atoms with Gasteiger partial charge in [0.15, 0.2) is 4.34 Å². The molecule has 1 atom stereocenters. The van der Waals surface area contributed by atoms with Crippen molar-refractivity contribution in [2.24, 2.45) is 0 Å². The van der Waals surface area contributed by atoms with Gasteiger partial charge in [0.2, 0.25) is 0 Å². The highest BCUT2D eigenvalue weighted by molar-refractivity contribution is 8.01. The van der Waals surface area contributed by atoms with E-state index in [0.717, 1.165) is 19.8 Å². The van der Waals surface area contributed by atoms with Crippen molar-refractivity contribution in [2.75, 3.05) is 0 Å². The fraction of sp³-hybridized carbons (Fsp3) is 0.333. The van der Waals surface area contributed by atoms with Crippen LogP contribution in [0.25, 0.3) is 0 Å². The van der Waals surface area contributed by atoms with Gasteiger partial charge < -0.3 is 5.11 Å². The van der Waals surface area contributed by atoms with E-state index in [1.807, 2.05) is 38.1 Å². The molecule has 0 aliphatic heterocycles. The number of aryl methyl sites for hydroxylation is 1. The van der Waals surface area contributed by atoms with E-state index < -0.39 is 6.10 Å². The fourth-order valence-electron chi connectivity index (χ4n) is 1.48. The number of hydrogen-bond acceptors (Lipinski definition) is 5. The van der Waals surface area contributed by atoms with Gasteiger partial charge in [-0.1, -0.05) is 48.2 Å². The Balaban J connectivity index is 2.26. The summed E-state index contributed by atoms with van der Waals surface area (Å²) in [5.74, 6) is 0. The molecule has 90 valence electrons. The number of aliphatic hydroxyl groups excluding tert-OH is 1. The molecule has 0 amide bonds. The maximum Gasteiger partial charge on any atom is 0.179 e. The van der Waals surface area contributed by atoms with E-state index in [9.17, 15) is 5.11 Å². The van der Waals surface area contributed by atoms with Crippen molar-refractivity contribution in [3.8, 4) is 0 Å². The number of hydrogen-bond donors (Lipinski definition) is 1. The molecule has 0 saturated carbocycles. The van der Waals surface area contributed by atoms with E-state index in [1.54, 1.807) is 23.1 Å². The summed E-state index contributed by atoms with van der Waals surface area (Å²) in [6.07, 6.45) is 0.305. The first-order valence-corrected chi connectivity index (χ1v) is 7.09. The molecule has 0 aliphatic carbocycles. The van der Waals surface area contributed by atoms with E-state index in [1.165, 1.54) is 0 Å². The molecule has 0 spiro atoms. The molecule has 0 radical (unpaired) electrons. The van der Waals surface area contributed by atoms with Crippen LogP contribution in [0.1, 0.15) is 30.0 Å². The summed E-state index contributed by atoms with van der Waals surface area (Å²) >= 11 is 3.13. The van der Waals surface area contributed by atoms with Gasteiger partial charge in [0.1, 0.15) is 5.01 Å². The average Bonchev–Trinajstić information content (AvgIpc) is 2.74. The molecule has 0 aliphatic rings. The number of rotatable bonds is 4. The second-order valence-corrected chi connectivity index (χ2v) is 6.12. The lowest BCUT2D eigenvalue weighted by molar-refractivity contribution is 0.171. The quantitative estimate of drug-likeness (QED) is 0.920. The van der Waals surface area contributed by atoms with Gasteiger partial charge >= 0.3 is 0 Å². The zero-order chi connectivity index (χ0) is 12.3. The fourth-order valence-corrected chi connectivity index (χ4v) is 3.43. The van der Waals surface area contributed by atoms with Gasteiger partial charge in [-0.25, -0.2) is 0 Å². The number of aromatic nitrogens is 2. The molecule has 5 heteroatoms. The maximum atomic E-state index is 9.95. The minimum Gasteiger partial charge on any atom is -0.388 e. The van der Waals surface area contributed by atoms with Crippen LogP contribution < -0.4 is 0 Å². The first-order chi connectivity index (χ1) is 8.20. The van der Waals surface area contributed by atoms with Gasteiger partial charge in [0.25, 0.3) is 0 Å². The van der Waals surface area contributed by atoms with Gasteiger partial charge in [-0.15, -0.1) is 10.2 Å². The van der Waals surface area contributed by atoms with Gasteiger partial charge in [-0.2, -0.15) is 0 Å². The van der Waals surface area contributed by atoms with Crippen molar-refractivity contribution in [3.63, 3.8) is 0 Å². The van der Waals surface area contributed by atoms with E-state index in [0.29, 0.717) is 6.42 Å². The Morgan fingerprint density at radius 2 is 2.12 bits per heavy atom. The van der Waals surface area contributed by atoms with Crippen molar-refractivity contribution in [2.45, 2.75) is 35.6 Å². The third kappa shape index (κ3) is 3.06. The second kappa shape index (κ2) is 5.62. The smallest absolute Gasteiger partial charge is 0.179 e. The molecule has 1 N–H and O–H groups in total. The molecule has 17 heavy (non-hydrogen) atoms. The van der Waals surface area contributed by atoms with Crippen molar-refractivity contribution in [1.82, 2.24) is 10.2 Å². The summed E-state index contributed by atoms with van der Waals surface area (Å²) in [7, 11) is 0. The highest BCUT2D eigenvalue weighted by Crippen LogP contribution is 2.35. The Labute approximate surface area is 109 Å². The third-order valence-electron chi connectivity index (χ3n) is 2.37. The van der Waals surface area contributed by atoms with Crippen molar-refractivity contribution >= 4 is 23.1 Å². The summed E-state index contributed by atoms with van der Waals surface area (Å²) in [4.78, 5) is 1.05. The first kappa shape index (κ1) is 12.5. The molecule has 0 bridgehead atoms. The van der Waals surface area contributed by atoms with E-state index in [-0.39, 0.29) is 0 Å². The van der Waals surface area contributed by atoms with Crippen LogP contribution >= 0.6 is 23.1 Å². The molecule has 2 rings (SSSR count). The summed E-state index contributed by atoms with van der Waals surface area (Å²) in [6, 6.07) is 7.89. The Hall–Kier alpha value is -0.910. The Bertz CT molecular complexity index is 499. The maximum absolute atomic E-state index is 9.95. The minimum atomic E-state index is -0.410. The van der Waals surface area contributed by atoms with Crippen LogP contribution in [0.4, 0.5) is 0 Å². The number of nitrogens with zero attached hydrogens (tertiary/aromatic N) is 2. The minimum absolute atomic E-state index is 0.410. The lowest BCUT2D eigenvalue weighted by Crippen LogP contribution is -1.96. The molecule has 1 aromatic carbocycles. The summed E-state index contributed by atoms with van der Waals surface area (Å²) in [5.41, 5.74) is 0.966. The predicted octanol–water partition coefficient (Wildman–Crippen LogP) is 3.44. The SMILES string of the molecule is CC[C@@H](O)c1ccccc1Sc1nnc(C)s1. The molecule has 1 aromatic heterocycles. The highest BCUT2D eigenvalue weighted by atomic mass is 32.2. The topological polar surface area (TPSA) is 46.0 Å². The largest absolute Gasteiger partial charge is 0.388 e. The van der Waals surface area contributed by atoms with E-state index in [2.05, 4.69) is 10.2 Å². The predicted molar refractivity (Wildman–Crippen MR) is 70.5 cm³/mol. The third-order valence-corrected chi connectivity index (χ3v) is 4.35. The van der Waals surface area contributed by atoms with Crippen molar-refractivity contribution in [3.05, 3.63) is 34.8 Å². The average molecular weight is 266 g/mol. The highest BCUT2D eigenvalue weighted by Gasteiger charge is 2.12. The van der Waals surface area contributed by atoms with Gasteiger partial charge in [0.05, 0.1) is 6.10 Å². The molecule has 1 heterocycles. The summed E-state index contributed by atoms with van der Waals surface area (Å²) < 4.78 is 0.915. The normalized spacial score (nSPS) is 12.6. The molecule has 0 saturated heterocycles. The lowest BCUT2D eigenvalue weighted by Gasteiger charge is -2.12. The van der Waals surface area contributed by atoms with Gasteiger partial charge in [-0.3, -0.25) is 0 Å². The standard InChI is InChI=1S/C12H14N2OS2/c1-3-10(15)9-6-4-5-7-11(9)17-12-14-13-8(2)16-12/h4-7,10,15H,3H2,1-2H3/t10-/m1/s1. The molecule has 2 aromatic rings. The molecule has 0 unspecified atom stereocenters.